The van der Waals surface area contributed by atoms with E-state index in [0.717, 1.165) is 5.69 Å². The Hall–Kier alpha value is -0.850. The van der Waals surface area contributed by atoms with Crippen molar-refractivity contribution < 1.29 is 0 Å². The third-order valence-electron chi connectivity index (χ3n) is 1.22. The highest BCUT2D eigenvalue weighted by Gasteiger charge is 1.95. The Labute approximate surface area is 55.7 Å². The second-order valence-electron chi connectivity index (χ2n) is 2.34. The zero-order valence-corrected chi connectivity index (χ0v) is 5.76. The minimum atomic E-state index is 0.516. The van der Waals surface area contributed by atoms with Gasteiger partial charge in [-0.2, -0.15) is 0 Å². The summed E-state index contributed by atoms with van der Waals surface area (Å²) in [6.07, 6.45) is 1.77. The quantitative estimate of drug-likeness (QED) is 0.552. The van der Waals surface area contributed by atoms with E-state index in [1.54, 1.807) is 6.20 Å². The number of rotatable bonds is 1. The van der Waals surface area contributed by atoms with Crippen LogP contribution in [0.2, 0.25) is 0 Å². The maximum atomic E-state index is 4.15. The van der Waals surface area contributed by atoms with Crippen LogP contribution in [-0.4, -0.2) is 4.98 Å². The minimum Gasteiger partial charge on any atom is -0.261 e. The van der Waals surface area contributed by atoms with Gasteiger partial charge in [-0.3, -0.25) is 4.98 Å². The molecule has 9 heavy (non-hydrogen) atoms. The van der Waals surface area contributed by atoms with Crippen molar-refractivity contribution in [3.8, 4) is 0 Å². The van der Waals surface area contributed by atoms with Crippen LogP contribution in [0.5, 0.6) is 0 Å². The van der Waals surface area contributed by atoms with Crippen molar-refractivity contribution in [3.63, 3.8) is 0 Å². The molecule has 1 nitrogen and oxygen atoms in total. The predicted molar refractivity (Wildman–Crippen MR) is 37.2 cm³/mol. The fraction of sp³-hybridized carbons (Fsp3) is 0.375. The molecule has 1 aromatic rings. The molecule has 1 aromatic heterocycles. The van der Waals surface area contributed by atoms with Crippen LogP contribution in [0.15, 0.2) is 18.3 Å². The molecule has 0 aromatic carbocycles. The second-order valence-corrected chi connectivity index (χ2v) is 2.34. The molecule has 0 N–H and O–H groups in total. The molecule has 0 saturated heterocycles. The summed E-state index contributed by atoms with van der Waals surface area (Å²) in [6.45, 7) is 4.24. The first-order valence-electron chi connectivity index (χ1n) is 3.12. The number of hydrogen-bond acceptors (Lipinski definition) is 1. The summed E-state index contributed by atoms with van der Waals surface area (Å²) in [5.41, 5.74) is 1.11. The molecule has 0 atom stereocenters. The van der Waals surface area contributed by atoms with Crippen LogP contribution in [0.3, 0.4) is 0 Å². The van der Waals surface area contributed by atoms with Crippen LogP contribution in [0.1, 0.15) is 25.5 Å². The fourth-order valence-corrected chi connectivity index (χ4v) is 0.653. The van der Waals surface area contributed by atoms with Gasteiger partial charge in [0.25, 0.3) is 0 Å². The lowest BCUT2D eigenvalue weighted by molar-refractivity contribution is 0.822. The topological polar surface area (TPSA) is 12.9 Å². The van der Waals surface area contributed by atoms with Crippen molar-refractivity contribution in [1.82, 2.24) is 4.98 Å². The average molecular weight is 120 g/mol. The van der Waals surface area contributed by atoms with E-state index in [1.165, 1.54) is 0 Å². The summed E-state index contributed by atoms with van der Waals surface area (Å²) in [5.74, 6) is 0.516. The lowest BCUT2D eigenvalue weighted by Gasteiger charge is -1.99. The lowest BCUT2D eigenvalue weighted by atomic mass is 10.1. The highest BCUT2D eigenvalue weighted by Crippen LogP contribution is 2.07. The molecule has 0 aliphatic heterocycles. The van der Waals surface area contributed by atoms with Crippen LogP contribution < -0.4 is 0 Å². The standard InChI is InChI=1S/C8H10N/c1-7(2)8-5-3-4-6-9-8/h4-7H,1-2H3. The maximum Gasteiger partial charge on any atom is 0.0435 e. The van der Waals surface area contributed by atoms with E-state index in [1.807, 2.05) is 12.1 Å². The van der Waals surface area contributed by atoms with Gasteiger partial charge in [0.2, 0.25) is 0 Å². The summed E-state index contributed by atoms with van der Waals surface area (Å²) in [7, 11) is 0. The Morgan fingerprint density at radius 3 is 2.67 bits per heavy atom. The third-order valence-corrected chi connectivity index (χ3v) is 1.22. The number of pyridine rings is 1. The van der Waals surface area contributed by atoms with Gasteiger partial charge in [-0.25, -0.2) is 0 Å². The summed E-state index contributed by atoms with van der Waals surface area (Å²) in [4.78, 5) is 4.15. The van der Waals surface area contributed by atoms with Gasteiger partial charge in [0.1, 0.15) is 0 Å². The van der Waals surface area contributed by atoms with E-state index in [9.17, 15) is 0 Å². The van der Waals surface area contributed by atoms with Gasteiger partial charge >= 0.3 is 0 Å². The first-order chi connectivity index (χ1) is 4.30. The lowest BCUT2D eigenvalue weighted by Crippen LogP contribution is -1.89. The average Bonchev–Trinajstić information content (AvgIpc) is 1.90. The summed E-state index contributed by atoms with van der Waals surface area (Å²) < 4.78 is 0. The fourth-order valence-electron chi connectivity index (χ4n) is 0.653. The Kier molecular flexibility index (Phi) is 1.83. The van der Waals surface area contributed by atoms with Crippen LogP contribution >= 0.6 is 0 Å². The number of hydrogen-bond donors (Lipinski definition) is 0. The van der Waals surface area contributed by atoms with Crippen molar-refractivity contribution in [2.24, 2.45) is 0 Å². The van der Waals surface area contributed by atoms with Crippen molar-refractivity contribution in [3.05, 3.63) is 30.1 Å². The molecule has 0 aliphatic rings. The molecule has 1 heterocycles. The molecule has 0 aliphatic carbocycles. The molecule has 0 fully saturated rings. The molecule has 0 saturated carbocycles. The molecule has 0 bridgehead atoms. The third kappa shape index (κ3) is 1.53. The Morgan fingerprint density at radius 2 is 2.33 bits per heavy atom. The first kappa shape index (κ1) is 6.27. The van der Waals surface area contributed by atoms with E-state index < -0.39 is 0 Å². The van der Waals surface area contributed by atoms with Crippen LogP contribution in [0, 0.1) is 6.07 Å². The van der Waals surface area contributed by atoms with Crippen molar-refractivity contribution in [2.45, 2.75) is 19.8 Å². The monoisotopic (exact) mass is 120 g/mol. The molecule has 0 spiro atoms. The molecule has 0 unspecified atom stereocenters. The van der Waals surface area contributed by atoms with E-state index in [-0.39, 0.29) is 0 Å². The minimum absolute atomic E-state index is 0.516. The van der Waals surface area contributed by atoms with Crippen molar-refractivity contribution in [2.75, 3.05) is 0 Å². The highest BCUT2D eigenvalue weighted by molar-refractivity contribution is 5.05. The van der Waals surface area contributed by atoms with Crippen LogP contribution in [0.25, 0.3) is 0 Å². The largest absolute Gasteiger partial charge is 0.261 e. The molecule has 1 heteroatoms. The normalized spacial score (nSPS) is 10.1. The number of nitrogens with zero attached hydrogens (tertiary/aromatic N) is 1. The van der Waals surface area contributed by atoms with Gasteiger partial charge in [0.15, 0.2) is 0 Å². The zero-order chi connectivity index (χ0) is 6.69. The Balaban J connectivity index is 2.85. The molecule has 1 radical (unpaired) electrons. The number of aromatic nitrogens is 1. The Morgan fingerprint density at radius 1 is 1.56 bits per heavy atom. The molecular formula is C8H10N. The molecule has 47 valence electrons. The maximum absolute atomic E-state index is 4.15. The first-order valence-corrected chi connectivity index (χ1v) is 3.12. The van der Waals surface area contributed by atoms with Gasteiger partial charge < -0.3 is 0 Å². The highest BCUT2D eigenvalue weighted by atomic mass is 14.7. The molecule has 1 rings (SSSR count). The van der Waals surface area contributed by atoms with E-state index in [4.69, 9.17) is 0 Å². The Bertz CT molecular complexity index is 167. The second kappa shape index (κ2) is 2.62. The van der Waals surface area contributed by atoms with Crippen molar-refractivity contribution in [1.29, 1.82) is 0 Å². The molecular weight excluding hydrogens is 110 g/mol. The van der Waals surface area contributed by atoms with Gasteiger partial charge in [-0.15, -0.1) is 0 Å². The summed E-state index contributed by atoms with van der Waals surface area (Å²) in [5, 5.41) is 0. The van der Waals surface area contributed by atoms with E-state index in [0.29, 0.717) is 5.92 Å². The van der Waals surface area contributed by atoms with Crippen LogP contribution in [0.4, 0.5) is 0 Å². The summed E-state index contributed by atoms with van der Waals surface area (Å²) in [6, 6.07) is 6.71. The molecule has 0 amide bonds. The van der Waals surface area contributed by atoms with E-state index >= 15 is 0 Å². The van der Waals surface area contributed by atoms with E-state index in [2.05, 4.69) is 24.9 Å². The van der Waals surface area contributed by atoms with Crippen LogP contribution in [-0.2, 0) is 0 Å². The predicted octanol–water partition coefficient (Wildman–Crippen LogP) is 2.01. The summed E-state index contributed by atoms with van der Waals surface area (Å²) >= 11 is 0. The zero-order valence-electron chi connectivity index (χ0n) is 5.76. The van der Waals surface area contributed by atoms with Gasteiger partial charge in [-0.05, 0) is 24.1 Å². The smallest absolute Gasteiger partial charge is 0.0435 e. The van der Waals surface area contributed by atoms with Crippen molar-refractivity contribution >= 4 is 0 Å². The van der Waals surface area contributed by atoms with Gasteiger partial charge in [-0.1, -0.05) is 13.8 Å². The van der Waals surface area contributed by atoms with Gasteiger partial charge in [0.05, 0.1) is 0 Å². The van der Waals surface area contributed by atoms with Gasteiger partial charge in [0, 0.05) is 11.9 Å². The SMILES string of the molecule is CC(C)c1c[c]ccn1.